The summed E-state index contributed by atoms with van der Waals surface area (Å²) in [5.74, 6) is 2.99. The number of carbonyl (C=O) groups excluding carboxylic acids is 1. The highest BCUT2D eigenvalue weighted by Gasteiger charge is 2.15. The highest BCUT2D eigenvalue weighted by atomic mass is 32.2. The normalized spacial score (nSPS) is 19.9. The molecule has 1 aromatic carbocycles. The third kappa shape index (κ3) is 3.48. The number of hydrogen-bond donors (Lipinski definition) is 1. The van der Waals surface area contributed by atoms with Crippen LogP contribution in [0.1, 0.15) is 23.2 Å². The molecule has 3 nitrogen and oxygen atoms in total. The molecular weight excluding hydrogens is 234 g/mol. The van der Waals surface area contributed by atoms with Crippen molar-refractivity contribution in [2.45, 2.75) is 18.9 Å². The summed E-state index contributed by atoms with van der Waals surface area (Å²) in [5.41, 5.74) is 5.98. The van der Waals surface area contributed by atoms with E-state index in [1.807, 2.05) is 23.9 Å². The highest BCUT2D eigenvalue weighted by Crippen LogP contribution is 2.23. The lowest BCUT2D eigenvalue weighted by Gasteiger charge is -2.22. The Balaban J connectivity index is 2.02. The van der Waals surface area contributed by atoms with Crippen molar-refractivity contribution in [3.63, 3.8) is 0 Å². The number of nitrogens with two attached hydrogens (primary N) is 1. The van der Waals surface area contributed by atoms with Crippen molar-refractivity contribution in [1.82, 2.24) is 0 Å². The summed E-state index contributed by atoms with van der Waals surface area (Å²) in [4.78, 5) is 11.5. The number of thioether (sulfide) groups is 1. The predicted molar refractivity (Wildman–Crippen MR) is 70.8 cm³/mol. The van der Waals surface area contributed by atoms with Gasteiger partial charge in [-0.15, -0.1) is 0 Å². The Morgan fingerprint density at radius 3 is 3.12 bits per heavy atom. The standard InChI is InChI=1S/C13H17NO2S/c14-8-13(15)10-3-1-4-11(7-10)16-12-5-2-6-17-9-12/h1,3-4,7,12H,2,5-6,8-9,14H2. The fourth-order valence-electron chi connectivity index (χ4n) is 1.86. The second kappa shape index (κ2) is 6.07. The monoisotopic (exact) mass is 251 g/mol. The lowest BCUT2D eigenvalue weighted by Crippen LogP contribution is -2.23. The Labute approximate surface area is 106 Å². The van der Waals surface area contributed by atoms with Crippen molar-refractivity contribution in [2.24, 2.45) is 5.73 Å². The minimum atomic E-state index is -0.0477. The molecule has 1 saturated heterocycles. The highest BCUT2D eigenvalue weighted by molar-refractivity contribution is 7.99. The second-order valence-electron chi connectivity index (χ2n) is 4.11. The van der Waals surface area contributed by atoms with Gasteiger partial charge in [-0.1, -0.05) is 12.1 Å². The van der Waals surface area contributed by atoms with Gasteiger partial charge in [0.15, 0.2) is 5.78 Å². The molecule has 2 N–H and O–H groups in total. The molecule has 17 heavy (non-hydrogen) atoms. The van der Waals surface area contributed by atoms with E-state index in [9.17, 15) is 4.79 Å². The van der Waals surface area contributed by atoms with Gasteiger partial charge >= 0.3 is 0 Å². The van der Waals surface area contributed by atoms with Crippen LogP contribution in [0.25, 0.3) is 0 Å². The Kier molecular flexibility index (Phi) is 4.45. The molecule has 1 fully saturated rings. The summed E-state index contributed by atoms with van der Waals surface area (Å²) >= 11 is 1.93. The maximum absolute atomic E-state index is 11.5. The lowest BCUT2D eigenvalue weighted by molar-refractivity contribution is 0.100. The molecule has 0 amide bonds. The molecule has 1 aromatic rings. The van der Waals surface area contributed by atoms with E-state index < -0.39 is 0 Å². The Bertz CT molecular complexity index is 389. The maximum atomic E-state index is 11.5. The smallest absolute Gasteiger partial charge is 0.176 e. The lowest BCUT2D eigenvalue weighted by atomic mass is 10.1. The average molecular weight is 251 g/mol. The van der Waals surface area contributed by atoms with E-state index in [1.54, 1.807) is 12.1 Å². The van der Waals surface area contributed by atoms with Gasteiger partial charge in [-0.2, -0.15) is 11.8 Å². The van der Waals surface area contributed by atoms with Gasteiger partial charge in [0.05, 0.1) is 6.54 Å². The molecule has 2 rings (SSSR count). The van der Waals surface area contributed by atoms with Crippen LogP contribution < -0.4 is 10.5 Å². The summed E-state index contributed by atoms with van der Waals surface area (Å²) in [6.45, 7) is 0.0444. The van der Waals surface area contributed by atoms with Crippen LogP contribution >= 0.6 is 11.8 Å². The van der Waals surface area contributed by atoms with E-state index in [2.05, 4.69) is 0 Å². The van der Waals surface area contributed by atoms with Gasteiger partial charge in [0, 0.05) is 11.3 Å². The minimum Gasteiger partial charge on any atom is -0.490 e. The van der Waals surface area contributed by atoms with Crippen molar-refractivity contribution in [1.29, 1.82) is 0 Å². The fourth-order valence-corrected chi connectivity index (χ4v) is 2.89. The first-order valence-electron chi connectivity index (χ1n) is 5.87. The number of hydrogen-bond acceptors (Lipinski definition) is 4. The van der Waals surface area contributed by atoms with Crippen molar-refractivity contribution in [3.8, 4) is 5.75 Å². The summed E-state index contributed by atoms with van der Waals surface area (Å²) in [5, 5.41) is 0. The van der Waals surface area contributed by atoms with Gasteiger partial charge in [0.1, 0.15) is 11.9 Å². The topological polar surface area (TPSA) is 52.3 Å². The van der Waals surface area contributed by atoms with Crippen LogP contribution in [0.5, 0.6) is 5.75 Å². The molecular formula is C13H17NO2S. The van der Waals surface area contributed by atoms with Gasteiger partial charge in [-0.3, -0.25) is 4.79 Å². The van der Waals surface area contributed by atoms with Crippen LogP contribution in [0, 0.1) is 0 Å². The molecule has 1 heterocycles. The summed E-state index contributed by atoms with van der Waals surface area (Å²) in [7, 11) is 0. The largest absolute Gasteiger partial charge is 0.490 e. The minimum absolute atomic E-state index is 0.0444. The number of carbonyl (C=O) groups is 1. The van der Waals surface area contributed by atoms with Gasteiger partial charge in [-0.25, -0.2) is 0 Å². The van der Waals surface area contributed by atoms with Crippen LogP contribution in [0.15, 0.2) is 24.3 Å². The van der Waals surface area contributed by atoms with Gasteiger partial charge in [-0.05, 0) is 30.7 Å². The third-order valence-electron chi connectivity index (χ3n) is 2.76. The first kappa shape index (κ1) is 12.5. The molecule has 92 valence electrons. The number of ether oxygens (including phenoxy) is 1. The summed E-state index contributed by atoms with van der Waals surface area (Å²) in [6, 6.07) is 7.30. The predicted octanol–water partition coefficient (Wildman–Crippen LogP) is 2.10. The van der Waals surface area contributed by atoms with Crippen molar-refractivity contribution in [3.05, 3.63) is 29.8 Å². The van der Waals surface area contributed by atoms with Crippen molar-refractivity contribution < 1.29 is 9.53 Å². The molecule has 0 spiro atoms. The molecule has 0 aromatic heterocycles. The molecule has 1 aliphatic rings. The number of rotatable bonds is 4. The fraction of sp³-hybridized carbons (Fsp3) is 0.462. The Hall–Kier alpha value is -1.00. The van der Waals surface area contributed by atoms with E-state index in [0.29, 0.717) is 5.56 Å². The van der Waals surface area contributed by atoms with E-state index in [-0.39, 0.29) is 18.4 Å². The van der Waals surface area contributed by atoms with Crippen LogP contribution in [-0.4, -0.2) is 29.9 Å². The van der Waals surface area contributed by atoms with E-state index in [4.69, 9.17) is 10.5 Å². The zero-order valence-electron chi connectivity index (χ0n) is 9.72. The zero-order chi connectivity index (χ0) is 12.1. The molecule has 1 atom stereocenters. The van der Waals surface area contributed by atoms with Crippen molar-refractivity contribution >= 4 is 17.5 Å². The zero-order valence-corrected chi connectivity index (χ0v) is 10.5. The quantitative estimate of drug-likeness (QED) is 0.833. The SMILES string of the molecule is NCC(=O)c1cccc(OC2CCCSC2)c1. The number of benzene rings is 1. The van der Waals surface area contributed by atoms with E-state index >= 15 is 0 Å². The number of Topliss-reactive ketones (excluding diaryl/α,β-unsaturated/α-hetero) is 1. The first-order chi connectivity index (χ1) is 8.29. The summed E-state index contributed by atoms with van der Waals surface area (Å²) < 4.78 is 5.88. The first-order valence-corrected chi connectivity index (χ1v) is 7.03. The maximum Gasteiger partial charge on any atom is 0.176 e. The van der Waals surface area contributed by atoms with Crippen molar-refractivity contribution in [2.75, 3.05) is 18.1 Å². The molecule has 1 aliphatic heterocycles. The van der Waals surface area contributed by atoms with Crippen LogP contribution in [0.2, 0.25) is 0 Å². The van der Waals surface area contributed by atoms with Crippen LogP contribution in [0.3, 0.4) is 0 Å². The molecule has 1 unspecified atom stereocenters. The third-order valence-corrected chi connectivity index (χ3v) is 3.95. The van der Waals surface area contributed by atoms with E-state index in [0.717, 1.165) is 17.9 Å². The van der Waals surface area contributed by atoms with Crippen LogP contribution in [0.4, 0.5) is 0 Å². The molecule has 4 heteroatoms. The Morgan fingerprint density at radius 2 is 2.41 bits per heavy atom. The average Bonchev–Trinajstić information content (AvgIpc) is 2.39. The van der Waals surface area contributed by atoms with Gasteiger partial charge in [0.25, 0.3) is 0 Å². The Morgan fingerprint density at radius 1 is 1.53 bits per heavy atom. The molecule has 0 saturated carbocycles. The summed E-state index contributed by atoms with van der Waals surface area (Å²) in [6.07, 6.45) is 2.58. The molecule has 0 aliphatic carbocycles. The second-order valence-corrected chi connectivity index (χ2v) is 5.26. The van der Waals surface area contributed by atoms with Gasteiger partial charge < -0.3 is 10.5 Å². The van der Waals surface area contributed by atoms with Gasteiger partial charge in [0.2, 0.25) is 0 Å². The van der Waals surface area contributed by atoms with E-state index in [1.165, 1.54) is 12.2 Å². The molecule has 0 bridgehead atoms. The molecule has 0 radical (unpaired) electrons. The number of ketones is 1. The van der Waals surface area contributed by atoms with Crippen LogP contribution in [-0.2, 0) is 0 Å².